The van der Waals surface area contributed by atoms with Gasteiger partial charge in [0.25, 0.3) is 5.91 Å². The maximum absolute atomic E-state index is 12.6. The van der Waals surface area contributed by atoms with Crippen LogP contribution in [-0.2, 0) is 4.74 Å². The van der Waals surface area contributed by atoms with Crippen molar-refractivity contribution < 1.29 is 9.53 Å². The zero-order valence-corrected chi connectivity index (χ0v) is 15.3. The van der Waals surface area contributed by atoms with E-state index in [1.54, 1.807) is 23.5 Å². The third-order valence-electron chi connectivity index (χ3n) is 3.93. The molecule has 3 nitrogen and oxygen atoms in total. The number of carbonyl (C=O) groups is 1. The van der Waals surface area contributed by atoms with Crippen LogP contribution in [0.25, 0.3) is 0 Å². The summed E-state index contributed by atoms with van der Waals surface area (Å²) in [6, 6.07) is 15.7. The molecule has 2 aromatic rings. The second-order valence-electron chi connectivity index (χ2n) is 5.62. The highest BCUT2D eigenvalue weighted by Gasteiger charge is 2.18. The van der Waals surface area contributed by atoms with Gasteiger partial charge in [0.2, 0.25) is 0 Å². The van der Waals surface area contributed by atoms with Gasteiger partial charge in [-0.25, -0.2) is 0 Å². The van der Waals surface area contributed by atoms with Gasteiger partial charge in [0.1, 0.15) is 0 Å². The predicted molar refractivity (Wildman–Crippen MR) is 102 cm³/mol. The van der Waals surface area contributed by atoms with Gasteiger partial charge in [-0.2, -0.15) is 0 Å². The summed E-state index contributed by atoms with van der Waals surface area (Å²) in [5.74, 6) is 0.828. The highest BCUT2D eigenvalue weighted by molar-refractivity contribution is 7.99. The number of hydrogen-bond donors (Lipinski definition) is 1. The standard InChI is InChI=1S/C19H21NO2S2/c1-23-16-10-8-14(9-11-16)20-19(21)17-6-2-3-7-18(17)24-13-15-5-4-12-22-15/h2-3,6-11,15H,4-5,12-13H2,1H3,(H,20,21). The molecule has 1 saturated heterocycles. The summed E-state index contributed by atoms with van der Waals surface area (Å²) < 4.78 is 5.67. The van der Waals surface area contributed by atoms with Crippen molar-refractivity contribution >= 4 is 35.1 Å². The molecule has 1 aliphatic heterocycles. The summed E-state index contributed by atoms with van der Waals surface area (Å²) in [4.78, 5) is 14.8. The number of carbonyl (C=O) groups excluding carboxylic acids is 1. The molecule has 3 rings (SSSR count). The molecule has 126 valence electrons. The number of rotatable bonds is 6. The number of ether oxygens (including phenoxy) is 1. The van der Waals surface area contributed by atoms with E-state index < -0.39 is 0 Å². The van der Waals surface area contributed by atoms with E-state index in [1.807, 2.05) is 54.8 Å². The Hall–Kier alpha value is -1.43. The molecule has 1 N–H and O–H groups in total. The fraction of sp³-hybridized carbons (Fsp3) is 0.316. The molecule has 1 fully saturated rings. The summed E-state index contributed by atoms with van der Waals surface area (Å²) in [6.45, 7) is 0.861. The van der Waals surface area contributed by atoms with E-state index in [9.17, 15) is 4.79 Å². The van der Waals surface area contributed by atoms with E-state index in [0.29, 0.717) is 6.10 Å². The molecule has 0 radical (unpaired) electrons. The number of amides is 1. The minimum absolute atomic E-state index is 0.0673. The highest BCUT2D eigenvalue weighted by atomic mass is 32.2. The van der Waals surface area contributed by atoms with Crippen LogP contribution in [0.15, 0.2) is 58.3 Å². The summed E-state index contributed by atoms with van der Waals surface area (Å²) >= 11 is 3.39. The Morgan fingerprint density at radius 3 is 2.71 bits per heavy atom. The lowest BCUT2D eigenvalue weighted by molar-refractivity contribution is 0.102. The third-order valence-corrected chi connectivity index (χ3v) is 5.88. The van der Waals surface area contributed by atoms with E-state index in [-0.39, 0.29) is 5.91 Å². The summed E-state index contributed by atoms with van der Waals surface area (Å²) in [6.07, 6.45) is 4.60. The van der Waals surface area contributed by atoms with Crippen molar-refractivity contribution in [2.75, 3.05) is 23.9 Å². The zero-order chi connectivity index (χ0) is 16.8. The average Bonchev–Trinajstić information content (AvgIpc) is 3.14. The average molecular weight is 360 g/mol. The van der Waals surface area contributed by atoms with Crippen LogP contribution >= 0.6 is 23.5 Å². The molecular weight excluding hydrogens is 338 g/mol. The van der Waals surface area contributed by atoms with Crippen molar-refractivity contribution in [2.45, 2.75) is 28.7 Å². The van der Waals surface area contributed by atoms with E-state index in [0.717, 1.165) is 41.3 Å². The molecular formula is C19H21NO2S2. The van der Waals surface area contributed by atoms with Crippen LogP contribution in [-0.4, -0.2) is 30.6 Å². The molecule has 5 heteroatoms. The fourth-order valence-electron chi connectivity index (χ4n) is 2.61. The molecule has 0 saturated carbocycles. The van der Waals surface area contributed by atoms with Crippen molar-refractivity contribution in [1.82, 2.24) is 0 Å². The lowest BCUT2D eigenvalue weighted by Gasteiger charge is -2.12. The van der Waals surface area contributed by atoms with Crippen LogP contribution in [0.2, 0.25) is 0 Å². The zero-order valence-electron chi connectivity index (χ0n) is 13.7. The number of benzene rings is 2. The van der Waals surface area contributed by atoms with Gasteiger partial charge in [0, 0.05) is 27.8 Å². The van der Waals surface area contributed by atoms with Crippen LogP contribution in [0, 0.1) is 0 Å². The van der Waals surface area contributed by atoms with Gasteiger partial charge in [-0.3, -0.25) is 4.79 Å². The van der Waals surface area contributed by atoms with Gasteiger partial charge in [-0.05, 0) is 55.5 Å². The first-order chi connectivity index (χ1) is 11.8. The smallest absolute Gasteiger partial charge is 0.256 e. The van der Waals surface area contributed by atoms with Crippen molar-refractivity contribution in [3.63, 3.8) is 0 Å². The minimum Gasteiger partial charge on any atom is -0.377 e. The van der Waals surface area contributed by atoms with Crippen molar-refractivity contribution in [2.24, 2.45) is 0 Å². The molecule has 0 aliphatic carbocycles. The normalized spacial score (nSPS) is 17.0. The SMILES string of the molecule is CSc1ccc(NC(=O)c2ccccc2SCC2CCCO2)cc1. The Labute approximate surface area is 151 Å². The van der Waals surface area contributed by atoms with Crippen LogP contribution in [0.3, 0.4) is 0 Å². The number of anilines is 1. The van der Waals surface area contributed by atoms with Crippen LogP contribution in [0.4, 0.5) is 5.69 Å². The van der Waals surface area contributed by atoms with Crippen molar-refractivity contribution in [3.05, 3.63) is 54.1 Å². The Balaban J connectivity index is 1.66. The predicted octanol–water partition coefficient (Wildman–Crippen LogP) is 4.93. The van der Waals surface area contributed by atoms with E-state index >= 15 is 0 Å². The van der Waals surface area contributed by atoms with E-state index in [4.69, 9.17) is 4.74 Å². The van der Waals surface area contributed by atoms with Crippen LogP contribution in [0.1, 0.15) is 23.2 Å². The summed E-state index contributed by atoms with van der Waals surface area (Å²) in [7, 11) is 0. The second kappa shape index (κ2) is 8.60. The van der Waals surface area contributed by atoms with Crippen molar-refractivity contribution in [3.8, 4) is 0 Å². The third kappa shape index (κ3) is 4.56. The molecule has 1 unspecified atom stereocenters. The Morgan fingerprint density at radius 1 is 1.21 bits per heavy atom. The van der Waals surface area contributed by atoms with Gasteiger partial charge in [-0.1, -0.05) is 12.1 Å². The monoisotopic (exact) mass is 359 g/mol. The second-order valence-corrected chi connectivity index (χ2v) is 7.57. The molecule has 0 spiro atoms. The summed E-state index contributed by atoms with van der Waals surface area (Å²) in [5.41, 5.74) is 1.53. The lowest BCUT2D eigenvalue weighted by atomic mass is 10.2. The first-order valence-electron chi connectivity index (χ1n) is 8.05. The molecule has 1 aliphatic rings. The largest absolute Gasteiger partial charge is 0.377 e. The molecule has 1 heterocycles. The van der Waals surface area contributed by atoms with Crippen molar-refractivity contribution in [1.29, 1.82) is 0 Å². The molecule has 1 atom stereocenters. The fourth-order valence-corrected chi connectivity index (χ4v) is 4.14. The topological polar surface area (TPSA) is 38.3 Å². The first-order valence-corrected chi connectivity index (χ1v) is 10.3. The van der Waals surface area contributed by atoms with Gasteiger partial charge in [0.15, 0.2) is 0 Å². The summed E-state index contributed by atoms with van der Waals surface area (Å²) in [5, 5.41) is 2.99. The van der Waals surface area contributed by atoms with Crippen LogP contribution in [0.5, 0.6) is 0 Å². The lowest BCUT2D eigenvalue weighted by Crippen LogP contribution is -2.14. The maximum atomic E-state index is 12.6. The van der Waals surface area contributed by atoms with Gasteiger partial charge >= 0.3 is 0 Å². The Bertz CT molecular complexity index is 682. The van der Waals surface area contributed by atoms with Gasteiger partial charge < -0.3 is 10.1 Å². The Morgan fingerprint density at radius 2 is 2.00 bits per heavy atom. The Kier molecular flexibility index (Phi) is 6.24. The van der Waals surface area contributed by atoms with E-state index in [2.05, 4.69) is 5.32 Å². The molecule has 24 heavy (non-hydrogen) atoms. The van der Waals surface area contributed by atoms with Gasteiger partial charge in [0.05, 0.1) is 11.7 Å². The molecule has 1 amide bonds. The molecule has 2 aromatic carbocycles. The first kappa shape index (κ1) is 17.4. The number of thioether (sulfide) groups is 2. The number of nitrogens with one attached hydrogen (secondary N) is 1. The number of hydrogen-bond acceptors (Lipinski definition) is 4. The van der Waals surface area contributed by atoms with E-state index in [1.165, 1.54) is 4.90 Å². The minimum atomic E-state index is -0.0673. The molecule has 0 bridgehead atoms. The van der Waals surface area contributed by atoms with Crippen LogP contribution < -0.4 is 5.32 Å². The maximum Gasteiger partial charge on any atom is 0.256 e. The highest BCUT2D eigenvalue weighted by Crippen LogP contribution is 2.27. The molecule has 0 aromatic heterocycles. The quantitative estimate of drug-likeness (QED) is 0.742. The van der Waals surface area contributed by atoms with Gasteiger partial charge in [-0.15, -0.1) is 23.5 Å².